The number of amides is 1. The third-order valence-corrected chi connectivity index (χ3v) is 8.32. The smallest absolute Gasteiger partial charge is 0.335 e. The number of nitrogens with two attached hydrogens (primary N) is 1. The largest absolute Gasteiger partial charge is 0.369 e. The van der Waals surface area contributed by atoms with Gasteiger partial charge in [-0.05, 0) is 35.8 Å². The van der Waals surface area contributed by atoms with Crippen molar-refractivity contribution in [1.29, 1.82) is 0 Å². The summed E-state index contributed by atoms with van der Waals surface area (Å²) in [7, 11) is -3.63. The number of hydrogen-bond acceptors (Lipinski definition) is 4. The first kappa shape index (κ1) is 20.1. The van der Waals surface area contributed by atoms with Crippen LogP contribution in [0.4, 0.5) is 0 Å². The topological polar surface area (TPSA) is 78.6 Å². The zero-order chi connectivity index (χ0) is 20.3. The highest BCUT2D eigenvalue weighted by Crippen LogP contribution is 2.64. The molecule has 4 unspecified atom stereocenters. The van der Waals surface area contributed by atoms with Crippen molar-refractivity contribution in [3.8, 4) is 0 Å². The third kappa shape index (κ3) is 4.37. The second-order valence-electron chi connectivity index (χ2n) is 7.77. The molecule has 4 atom stereocenters. The van der Waals surface area contributed by atoms with Crippen LogP contribution in [0.5, 0.6) is 0 Å². The molecule has 0 saturated heterocycles. The van der Waals surface area contributed by atoms with Crippen molar-refractivity contribution in [2.45, 2.75) is 31.7 Å². The Morgan fingerprint density at radius 3 is 1.79 bits per heavy atom. The van der Waals surface area contributed by atoms with E-state index in [4.69, 9.17) is 14.8 Å². The lowest BCUT2D eigenvalue weighted by Gasteiger charge is -2.45. The van der Waals surface area contributed by atoms with Crippen molar-refractivity contribution in [3.05, 3.63) is 83.9 Å². The molecule has 2 aromatic carbocycles. The van der Waals surface area contributed by atoms with Crippen LogP contribution in [0.2, 0.25) is 0 Å². The summed E-state index contributed by atoms with van der Waals surface area (Å²) in [6.45, 7) is 0.325. The van der Waals surface area contributed by atoms with Crippen LogP contribution in [-0.4, -0.2) is 11.6 Å². The summed E-state index contributed by atoms with van der Waals surface area (Å²) in [6.07, 6.45) is 5.84. The molecular weight excluding hydrogens is 385 g/mol. The van der Waals surface area contributed by atoms with Crippen LogP contribution in [0, 0.1) is 17.8 Å². The Hall–Kier alpha value is -2.20. The van der Waals surface area contributed by atoms with Gasteiger partial charge < -0.3 is 14.8 Å². The van der Waals surface area contributed by atoms with Gasteiger partial charge >= 0.3 is 7.60 Å². The van der Waals surface area contributed by atoms with Crippen molar-refractivity contribution in [2.24, 2.45) is 23.5 Å². The number of carbonyl (C=O) groups is 1. The maximum atomic E-state index is 14.1. The van der Waals surface area contributed by atoms with Gasteiger partial charge in [0.25, 0.3) is 0 Å². The number of hydrogen-bond donors (Lipinski definition) is 1. The quantitative estimate of drug-likeness (QED) is 0.505. The molecule has 0 aromatic heterocycles. The number of benzene rings is 2. The van der Waals surface area contributed by atoms with E-state index >= 15 is 0 Å². The Kier molecular flexibility index (Phi) is 6.00. The minimum Gasteiger partial charge on any atom is -0.369 e. The zero-order valence-corrected chi connectivity index (χ0v) is 17.1. The predicted molar refractivity (Wildman–Crippen MR) is 112 cm³/mol. The molecule has 5 nitrogen and oxygen atoms in total. The summed E-state index contributed by atoms with van der Waals surface area (Å²) in [6, 6.07) is 19.1. The van der Waals surface area contributed by atoms with Crippen LogP contribution in [0.15, 0.2) is 72.8 Å². The van der Waals surface area contributed by atoms with E-state index in [9.17, 15) is 9.36 Å². The molecule has 2 bridgehead atoms. The molecule has 0 heterocycles. The molecule has 152 valence electrons. The lowest BCUT2D eigenvalue weighted by molar-refractivity contribution is -0.124. The molecule has 29 heavy (non-hydrogen) atoms. The third-order valence-electron chi connectivity index (χ3n) is 5.91. The highest BCUT2D eigenvalue weighted by atomic mass is 31.2. The second kappa shape index (κ2) is 8.66. The van der Waals surface area contributed by atoms with Gasteiger partial charge in [0.2, 0.25) is 5.91 Å². The van der Waals surface area contributed by atoms with Crippen LogP contribution in [-0.2, 0) is 31.6 Å². The minimum atomic E-state index is -3.63. The van der Waals surface area contributed by atoms with E-state index in [-0.39, 0.29) is 25.0 Å². The molecule has 2 N–H and O–H groups in total. The first-order valence-electron chi connectivity index (χ1n) is 10.0. The summed E-state index contributed by atoms with van der Waals surface area (Å²) < 4.78 is 26.1. The molecule has 3 aliphatic rings. The summed E-state index contributed by atoms with van der Waals surface area (Å²) in [4.78, 5) is 12.3. The lowest BCUT2D eigenvalue weighted by Crippen LogP contribution is -2.48. The van der Waals surface area contributed by atoms with Gasteiger partial charge in [0.1, 0.15) is 0 Å². The normalized spacial score (nSPS) is 25.8. The minimum absolute atomic E-state index is 0.00326. The number of rotatable bonds is 8. The molecule has 0 radical (unpaired) electrons. The number of primary amides is 1. The van der Waals surface area contributed by atoms with Gasteiger partial charge in [-0.2, -0.15) is 0 Å². The summed E-state index contributed by atoms with van der Waals surface area (Å²) in [5, 5.41) is 0. The Bertz CT molecular complexity index is 867. The van der Waals surface area contributed by atoms with Crippen LogP contribution < -0.4 is 5.73 Å². The van der Waals surface area contributed by atoms with Gasteiger partial charge in [-0.15, -0.1) is 0 Å². The van der Waals surface area contributed by atoms with Gasteiger partial charge in [0.15, 0.2) is 0 Å². The molecule has 2 aromatic rings. The van der Waals surface area contributed by atoms with E-state index in [1.807, 2.05) is 66.7 Å². The fourth-order valence-electron chi connectivity index (χ4n) is 4.46. The molecule has 0 aliphatic heterocycles. The van der Waals surface area contributed by atoms with E-state index in [0.29, 0.717) is 0 Å². The van der Waals surface area contributed by atoms with Crippen LogP contribution in [0.3, 0.4) is 0 Å². The van der Waals surface area contributed by atoms with Crippen molar-refractivity contribution in [2.75, 3.05) is 0 Å². The Morgan fingerprint density at radius 2 is 1.34 bits per heavy atom. The molecule has 1 fully saturated rings. The van der Waals surface area contributed by atoms with Gasteiger partial charge in [-0.3, -0.25) is 9.36 Å². The van der Waals surface area contributed by atoms with Crippen molar-refractivity contribution >= 4 is 13.5 Å². The van der Waals surface area contributed by atoms with Crippen LogP contribution in [0.1, 0.15) is 24.0 Å². The van der Waals surface area contributed by atoms with Gasteiger partial charge in [0, 0.05) is 0 Å². The highest BCUT2D eigenvalue weighted by molar-refractivity contribution is 7.54. The van der Waals surface area contributed by atoms with E-state index in [1.54, 1.807) is 0 Å². The number of carbonyl (C=O) groups excluding carboxylic acids is 1. The molecule has 1 saturated carbocycles. The van der Waals surface area contributed by atoms with Gasteiger partial charge in [0.05, 0.1) is 24.8 Å². The highest BCUT2D eigenvalue weighted by Gasteiger charge is 2.54. The Balaban J connectivity index is 1.62. The number of allylic oxidation sites excluding steroid dienone is 2. The first-order valence-corrected chi connectivity index (χ1v) is 11.6. The Labute approximate surface area is 171 Å². The fraction of sp³-hybridized carbons (Fsp3) is 0.348. The van der Waals surface area contributed by atoms with E-state index < -0.39 is 25.1 Å². The predicted octanol–water partition coefficient (Wildman–Crippen LogP) is 4.68. The van der Waals surface area contributed by atoms with Crippen LogP contribution >= 0.6 is 7.60 Å². The molecule has 5 rings (SSSR count). The maximum absolute atomic E-state index is 14.1. The number of fused-ring (bicyclic) bond motifs is 2. The summed E-state index contributed by atoms with van der Waals surface area (Å²) in [5.41, 5.74) is 7.02. The van der Waals surface area contributed by atoms with Crippen molar-refractivity contribution in [3.63, 3.8) is 0 Å². The molecule has 6 heteroatoms. The first-order chi connectivity index (χ1) is 14.1. The van der Waals surface area contributed by atoms with Crippen molar-refractivity contribution < 1.29 is 18.4 Å². The SMILES string of the molecule is NC(=O)C1C2C=CC(CC2)C1P(=O)(OCc1ccccc1)OCc1ccccc1. The van der Waals surface area contributed by atoms with E-state index in [2.05, 4.69) is 6.08 Å². The molecule has 3 aliphatic carbocycles. The molecular formula is C23H26NO4P. The maximum Gasteiger partial charge on any atom is 0.335 e. The summed E-state index contributed by atoms with van der Waals surface area (Å²) in [5.74, 6) is -0.997. The second-order valence-corrected chi connectivity index (χ2v) is 9.96. The Morgan fingerprint density at radius 1 is 0.862 bits per heavy atom. The fourth-order valence-corrected chi connectivity index (χ4v) is 7.02. The van der Waals surface area contributed by atoms with Crippen molar-refractivity contribution in [1.82, 2.24) is 0 Å². The average Bonchev–Trinajstić information content (AvgIpc) is 2.78. The van der Waals surface area contributed by atoms with Gasteiger partial charge in [-0.1, -0.05) is 72.8 Å². The van der Waals surface area contributed by atoms with Crippen LogP contribution in [0.25, 0.3) is 0 Å². The van der Waals surface area contributed by atoms with E-state index in [1.165, 1.54) is 0 Å². The summed E-state index contributed by atoms with van der Waals surface area (Å²) >= 11 is 0. The lowest BCUT2D eigenvalue weighted by atomic mass is 9.68. The monoisotopic (exact) mass is 411 g/mol. The van der Waals surface area contributed by atoms with E-state index in [0.717, 1.165) is 24.0 Å². The standard InChI is InChI=1S/C23H26NO4P/c24-23(25)21-19-11-13-20(14-12-19)22(21)29(26,27-15-17-7-3-1-4-8-17)28-16-18-9-5-2-6-10-18/h1-11,13,19-22H,12,14-16H2,(H2,24,25). The molecule has 0 spiro atoms. The molecule has 1 amide bonds. The average molecular weight is 411 g/mol. The zero-order valence-electron chi connectivity index (χ0n) is 16.2. The van der Waals surface area contributed by atoms with Gasteiger partial charge in [-0.25, -0.2) is 0 Å².